The zero-order valence-electron chi connectivity index (χ0n) is 9.84. The molecule has 0 spiro atoms. The third kappa shape index (κ3) is 4.19. The van der Waals surface area contributed by atoms with Crippen molar-refractivity contribution in [2.75, 3.05) is 0 Å². The molecule has 3 nitrogen and oxygen atoms in total. The second kappa shape index (κ2) is 6.24. The molecule has 94 valence electrons. The summed E-state index contributed by atoms with van der Waals surface area (Å²) in [6, 6.07) is 4.62. The Balaban J connectivity index is 3.01. The van der Waals surface area contributed by atoms with Crippen molar-refractivity contribution >= 4 is 29.1 Å². The molecule has 2 unspecified atom stereocenters. The summed E-state index contributed by atoms with van der Waals surface area (Å²) < 4.78 is 0. The van der Waals surface area contributed by atoms with Crippen LogP contribution in [-0.2, 0) is 4.79 Å². The summed E-state index contributed by atoms with van der Waals surface area (Å²) in [5, 5.41) is 4.13. The van der Waals surface area contributed by atoms with Crippen LogP contribution in [0.2, 0.25) is 10.0 Å². The Kier molecular flexibility index (Phi) is 5.25. The van der Waals surface area contributed by atoms with Crippen LogP contribution < -0.4 is 11.1 Å². The molecule has 1 amide bonds. The largest absolute Gasteiger partial charge is 0.368 e. The molecule has 1 aromatic carbocycles. The molecule has 0 saturated heterocycles. The van der Waals surface area contributed by atoms with Crippen molar-refractivity contribution in [2.24, 2.45) is 5.73 Å². The molecule has 0 aliphatic heterocycles. The highest BCUT2D eigenvalue weighted by molar-refractivity contribution is 6.34. The molecular weight excluding hydrogens is 259 g/mol. The summed E-state index contributed by atoms with van der Waals surface area (Å²) in [5.41, 5.74) is 6.07. The molecule has 2 atom stereocenters. The lowest BCUT2D eigenvalue weighted by molar-refractivity contribution is -0.120. The lowest BCUT2D eigenvalue weighted by Crippen LogP contribution is -2.38. The summed E-state index contributed by atoms with van der Waals surface area (Å²) in [5.74, 6) is -0.441. The van der Waals surface area contributed by atoms with E-state index in [9.17, 15) is 4.79 Å². The summed E-state index contributed by atoms with van der Waals surface area (Å²) >= 11 is 11.8. The maximum atomic E-state index is 11.4. The van der Waals surface area contributed by atoms with E-state index in [1.54, 1.807) is 18.2 Å². The van der Waals surface area contributed by atoms with Gasteiger partial charge in [0, 0.05) is 16.1 Å². The third-order valence-electron chi connectivity index (χ3n) is 2.57. The number of rotatable bonds is 5. The van der Waals surface area contributed by atoms with Gasteiger partial charge >= 0.3 is 0 Å². The van der Waals surface area contributed by atoms with Crippen LogP contribution in [0.5, 0.6) is 0 Å². The van der Waals surface area contributed by atoms with Crippen LogP contribution in [-0.4, -0.2) is 11.9 Å². The van der Waals surface area contributed by atoms with Gasteiger partial charge < -0.3 is 5.73 Å². The zero-order chi connectivity index (χ0) is 13.0. The van der Waals surface area contributed by atoms with E-state index in [2.05, 4.69) is 5.32 Å². The number of primary amides is 1. The van der Waals surface area contributed by atoms with E-state index in [0.29, 0.717) is 15.6 Å². The van der Waals surface area contributed by atoms with E-state index in [-0.39, 0.29) is 6.04 Å². The van der Waals surface area contributed by atoms with Gasteiger partial charge in [0.25, 0.3) is 0 Å². The molecule has 0 bridgehead atoms. The van der Waals surface area contributed by atoms with Crippen LogP contribution in [0.4, 0.5) is 0 Å². The standard InChI is InChI=1S/C12H16Cl2N2O/c1-3-7(2)16-11(12(15)17)8-4-9(13)6-10(14)5-8/h4-7,11,16H,3H2,1-2H3,(H2,15,17). The summed E-state index contributed by atoms with van der Waals surface area (Å²) in [4.78, 5) is 11.4. The Bertz CT molecular complexity index is 389. The number of benzene rings is 1. The van der Waals surface area contributed by atoms with E-state index in [0.717, 1.165) is 6.42 Å². The van der Waals surface area contributed by atoms with Gasteiger partial charge in [-0.1, -0.05) is 30.1 Å². The van der Waals surface area contributed by atoms with Gasteiger partial charge in [-0.2, -0.15) is 0 Å². The number of carbonyl (C=O) groups excluding carboxylic acids is 1. The van der Waals surface area contributed by atoms with Crippen molar-refractivity contribution in [3.05, 3.63) is 33.8 Å². The number of halogens is 2. The Labute approximate surface area is 111 Å². The van der Waals surface area contributed by atoms with Gasteiger partial charge in [0.2, 0.25) is 5.91 Å². The first kappa shape index (κ1) is 14.3. The van der Waals surface area contributed by atoms with E-state index >= 15 is 0 Å². The SMILES string of the molecule is CCC(C)NC(C(N)=O)c1cc(Cl)cc(Cl)c1. The fraction of sp³-hybridized carbons (Fsp3) is 0.417. The Hall–Kier alpha value is -0.770. The van der Waals surface area contributed by atoms with Gasteiger partial charge in [-0.25, -0.2) is 0 Å². The maximum Gasteiger partial charge on any atom is 0.239 e. The minimum absolute atomic E-state index is 0.185. The molecule has 0 radical (unpaired) electrons. The second-order valence-electron chi connectivity index (χ2n) is 4.01. The predicted octanol–water partition coefficient (Wildman–Crippen LogP) is 2.91. The number of nitrogens with two attached hydrogens (primary N) is 1. The summed E-state index contributed by atoms with van der Waals surface area (Å²) in [6.07, 6.45) is 0.901. The third-order valence-corrected chi connectivity index (χ3v) is 3.00. The number of amides is 1. The molecule has 0 saturated carbocycles. The first-order valence-corrected chi connectivity index (χ1v) is 6.21. The fourth-order valence-electron chi connectivity index (χ4n) is 1.49. The Morgan fingerprint density at radius 3 is 2.29 bits per heavy atom. The molecule has 5 heteroatoms. The Morgan fingerprint density at radius 2 is 1.88 bits per heavy atom. The van der Waals surface area contributed by atoms with Gasteiger partial charge in [0.05, 0.1) is 0 Å². The molecule has 1 rings (SSSR count). The summed E-state index contributed by atoms with van der Waals surface area (Å²) in [6.45, 7) is 4.02. The lowest BCUT2D eigenvalue weighted by atomic mass is 10.0. The molecule has 1 aromatic rings. The molecule has 17 heavy (non-hydrogen) atoms. The molecule has 0 aromatic heterocycles. The van der Waals surface area contributed by atoms with Crippen molar-refractivity contribution < 1.29 is 4.79 Å². The van der Waals surface area contributed by atoms with Crippen LogP contribution in [0.1, 0.15) is 31.9 Å². The lowest BCUT2D eigenvalue weighted by Gasteiger charge is -2.20. The van der Waals surface area contributed by atoms with Crippen molar-refractivity contribution in [1.29, 1.82) is 0 Å². The van der Waals surface area contributed by atoms with Crippen LogP contribution in [0.15, 0.2) is 18.2 Å². The van der Waals surface area contributed by atoms with E-state index in [1.165, 1.54) is 0 Å². The highest BCUT2D eigenvalue weighted by Crippen LogP contribution is 2.24. The van der Waals surface area contributed by atoms with Crippen molar-refractivity contribution in [1.82, 2.24) is 5.32 Å². The monoisotopic (exact) mass is 274 g/mol. The quantitative estimate of drug-likeness (QED) is 0.868. The molecule has 0 fully saturated rings. The van der Waals surface area contributed by atoms with Crippen LogP contribution in [0.3, 0.4) is 0 Å². The number of hydrogen-bond acceptors (Lipinski definition) is 2. The van der Waals surface area contributed by atoms with E-state index in [4.69, 9.17) is 28.9 Å². The number of carbonyl (C=O) groups is 1. The smallest absolute Gasteiger partial charge is 0.239 e. The highest BCUT2D eigenvalue weighted by atomic mass is 35.5. The minimum atomic E-state index is -0.568. The second-order valence-corrected chi connectivity index (χ2v) is 4.89. The van der Waals surface area contributed by atoms with Gasteiger partial charge in [0.15, 0.2) is 0 Å². The predicted molar refractivity (Wildman–Crippen MR) is 71.3 cm³/mol. The van der Waals surface area contributed by atoms with Crippen molar-refractivity contribution in [3.8, 4) is 0 Å². The molecule has 0 aliphatic carbocycles. The van der Waals surface area contributed by atoms with Crippen LogP contribution >= 0.6 is 23.2 Å². The van der Waals surface area contributed by atoms with E-state index < -0.39 is 11.9 Å². The molecule has 0 aliphatic rings. The van der Waals surface area contributed by atoms with Gasteiger partial charge in [-0.3, -0.25) is 10.1 Å². The first-order valence-electron chi connectivity index (χ1n) is 5.45. The maximum absolute atomic E-state index is 11.4. The van der Waals surface area contributed by atoms with Gasteiger partial charge in [-0.15, -0.1) is 0 Å². The highest BCUT2D eigenvalue weighted by Gasteiger charge is 2.20. The molecular formula is C12H16Cl2N2O. The first-order chi connectivity index (χ1) is 7.93. The Morgan fingerprint density at radius 1 is 1.35 bits per heavy atom. The fourth-order valence-corrected chi connectivity index (χ4v) is 2.03. The average molecular weight is 275 g/mol. The minimum Gasteiger partial charge on any atom is -0.368 e. The molecule has 3 N–H and O–H groups in total. The number of nitrogens with one attached hydrogen (secondary N) is 1. The van der Waals surface area contributed by atoms with Crippen LogP contribution in [0, 0.1) is 0 Å². The molecule has 0 heterocycles. The van der Waals surface area contributed by atoms with Crippen molar-refractivity contribution in [2.45, 2.75) is 32.4 Å². The van der Waals surface area contributed by atoms with Crippen LogP contribution in [0.25, 0.3) is 0 Å². The normalized spacial score (nSPS) is 14.4. The zero-order valence-corrected chi connectivity index (χ0v) is 11.3. The van der Waals surface area contributed by atoms with Crippen molar-refractivity contribution in [3.63, 3.8) is 0 Å². The van der Waals surface area contributed by atoms with E-state index in [1.807, 2.05) is 13.8 Å². The van der Waals surface area contributed by atoms with Gasteiger partial charge in [0.1, 0.15) is 6.04 Å². The topological polar surface area (TPSA) is 55.1 Å². The average Bonchev–Trinajstić information content (AvgIpc) is 2.23. The summed E-state index contributed by atoms with van der Waals surface area (Å²) in [7, 11) is 0. The van der Waals surface area contributed by atoms with Gasteiger partial charge in [-0.05, 0) is 37.1 Å². The number of hydrogen-bond donors (Lipinski definition) is 2.